The number of hydrazine groups is 1. The molecule has 1 atom stereocenters. The summed E-state index contributed by atoms with van der Waals surface area (Å²) in [6.45, 7) is 6.21. The topological polar surface area (TPSA) is 137 Å². The number of urea groups is 2. The van der Waals surface area contributed by atoms with Crippen molar-refractivity contribution in [1.29, 1.82) is 0 Å². The van der Waals surface area contributed by atoms with Gasteiger partial charge < -0.3 is 16.4 Å². The number of quaternary nitrogens is 1. The van der Waals surface area contributed by atoms with Crippen LogP contribution in [0.25, 0.3) is 0 Å². The zero-order chi connectivity index (χ0) is 21.0. The molecule has 0 aliphatic heterocycles. The number of carbonyl (C=O) groups is 4. The van der Waals surface area contributed by atoms with Crippen LogP contribution in [0.5, 0.6) is 0 Å². The quantitative estimate of drug-likeness (QED) is 0.324. The molecule has 0 aliphatic carbocycles. The van der Waals surface area contributed by atoms with E-state index in [-0.39, 0.29) is 61.5 Å². The minimum Gasteiger partial charge on any atom is -0.335 e. The number of carbonyl (C=O) groups excluding carboxylic acids is 4. The SMILES string of the molecule is CCC(=O)N(CCN)NC(=O)NCCN(C(=O)CC)[N+](C)(CC)C(=O)NC. The highest BCUT2D eigenvalue weighted by Gasteiger charge is 2.39. The van der Waals surface area contributed by atoms with Gasteiger partial charge in [-0.3, -0.25) is 14.6 Å². The number of nitrogens with two attached hydrogens (primary N) is 1. The van der Waals surface area contributed by atoms with Crippen LogP contribution in [0.4, 0.5) is 9.59 Å². The van der Waals surface area contributed by atoms with Crippen molar-refractivity contribution in [1.82, 2.24) is 26.1 Å². The maximum Gasteiger partial charge on any atom is 0.440 e. The Hall–Kier alpha value is -2.40. The fourth-order valence-electron chi connectivity index (χ4n) is 2.44. The van der Waals surface area contributed by atoms with Gasteiger partial charge in [0.1, 0.15) is 13.6 Å². The summed E-state index contributed by atoms with van der Waals surface area (Å²) < 4.78 is -0.250. The Morgan fingerprint density at radius 1 is 1.00 bits per heavy atom. The van der Waals surface area contributed by atoms with Crippen molar-refractivity contribution >= 4 is 23.9 Å². The molecule has 0 aromatic carbocycles. The van der Waals surface area contributed by atoms with E-state index in [1.54, 1.807) is 27.8 Å². The lowest BCUT2D eigenvalue weighted by Gasteiger charge is -2.39. The Labute approximate surface area is 160 Å². The van der Waals surface area contributed by atoms with Crippen LogP contribution in [0.2, 0.25) is 0 Å². The van der Waals surface area contributed by atoms with E-state index in [0.29, 0.717) is 6.54 Å². The molecular weight excluding hydrogens is 354 g/mol. The van der Waals surface area contributed by atoms with Crippen molar-refractivity contribution in [3.63, 3.8) is 0 Å². The van der Waals surface area contributed by atoms with Crippen LogP contribution in [-0.2, 0) is 9.59 Å². The molecule has 0 saturated heterocycles. The highest BCUT2D eigenvalue weighted by molar-refractivity contribution is 5.81. The lowest BCUT2D eigenvalue weighted by atomic mass is 10.4. The van der Waals surface area contributed by atoms with Gasteiger partial charge in [0.2, 0.25) is 5.91 Å². The first-order valence-electron chi connectivity index (χ1n) is 9.15. The first-order chi connectivity index (χ1) is 12.7. The van der Waals surface area contributed by atoms with Crippen LogP contribution in [0.3, 0.4) is 0 Å². The van der Waals surface area contributed by atoms with Gasteiger partial charge in [0, 0.05) is 33.0 Å². The predicted molar refractivity (Wildman–Crippen MR) is 101 cm³/mol. The number of hydrogen-bond acceptors (Lipinski definition) is 5. The maximum absolute atomic E-state index is 12.3. The van der Waals surface area contributed by atoms with Crippen molar-refractivity contribution in [3.8, 4) is 0 Å². The fraction of sp³-hybridized carbons (Fsp3) is 0.750. The van der Waals surface area contributed by atoms with Crippen LogP contribution < -0.4 is 21.8 Å². The van der Waals surface area contributed by atoms with Crippen LogP contribution >= 0.6 is 0 Å². The second-order valence-electron chi connectivity index (χ2n) is 5.94. The molecule has 0 saturated carbocycles. The minimum absolute atomic E-state index is 0.110. The molecule has 0 heterocycles. The van der Waals surface area contributed by atoms with Crippen molar-refractivity contribution in [2.75, 3.05) is 46.8 Å². The molecule has 0 radical (unpaired) electrons. The summed E-state index contributed by atoms with van der Waals surface area (Å²) >= 11 is 0. The summed E-state index contributed by atoms with van der Waals surface area (Å²) in [6.07, 6.45) is 0.462. The molecule has 156 valence electrons. The summed E-state index contributed by atoms with van der Waals surface area (Å²) in [7, 11) is 3.14. The van der Waals surface area contributed by atoms with E-state index in [2.05, 4.69) is 16.1 Å². The van der Waals surface area contributed by atoms with Gasteiger partial charge >= 0.3 is 12.1 Å². The maximum atomic E-state index is 12.3. The lowest BCUT2D eigenvalue weighted by molar-refractivity contribution is -0.934. The van der Waals surface area contributed by atoms with Gasteiger partial charge in [-0.15, -0.1) is 4.59 Å². The van der Waals surface area contributed by atoms with E-state index in [9.17, 15) is 19.2 Å². The second-order valence-corrected chi connectivity index (χ2v) is 5.94. The zero-order valence-electron chi connectivity index (χ0n) is 17.0. The summed E-state index contributed by atoms with van der Waals surface area (Å²) in [4.78, 5) is 48.4. The average Bonchev–Trinajstić information content (AvgIpc) is 2.68. The molecule has 1 unspecified atom stereocenters. The molecule has 0 aromatic rings. The van der Waals surface area contributed by atoms with Gasteiger partial charge in [-0.05, 0) is 6.92 Å². The molecular formula is C16H34N7O4+. The summed E-state index contributed by atoms with van der Waals surface area (Å²) in [5.74, 6) is -0.468. The summed E-state index contributed by atoms with van der Waals surface area (Å²) in [6, 6.07) is -0.911. The van der Waals surface area contributed by atoms with Gasteiger partial charge in [0.15, 0.2) is 0 Å². The monoisotopic (exact) mass is 388 g/mol. The third kappa shape index (κ3) is 7.02. The average molecular weight is 388 g/mol. The van der Waals surface area contributed by atoms with E-state index in [4.69, 9.17) is 5.73 Å². The van der Waals surface area contributed by atoms with Gasteiger partial charge in [0.05, 0.1) is 13.1 Å². The number of rotatable bonds is 8. The minimum atomic E-state index is -0.584. The summed E-state index contributed by atoms with van der Waals surface area (Å²) in [5.41, 5.74) is 7.88. The summed E-state index contributed by atoms with van der Waals surface area (Å²) in [5, 5.41) is 7.72. The van der Waals surface area contributed by atoms with Gasteiger partial charge in [-0.2, -0.15) is 5.01 Å². The standard InChI is InChI=1S/C16H33N7O4/c1-6-13(24)21(11-9-17)20-15(26)19-10-12-22(14(25)7-2)23(5,8-3)16(27)18-4/h6-12,17H2,1-5H3,(H2-,18,19,20,26,27)/p+1. The molecule has 0 spiro atoms. The van der Waals surface area contributed by atoms with E-state index in [0.717, 1.165) is 5.01 Å². The Kier molecular flexibility index (Phi) is 11.0. The largest absolute Gasteiger partial charge is 0.440 e. The Morgan fingerprint density at radius 2 is 1.59 bits per heavy atom. The van der Waals surface area contributed by atoms with Gasteiger partial charge in [-0.25, -0.2) is 15.0 Å². The number of nitrogens with one attached hydrogen (secondary N) is 3. The molecule has 5 N–H and O–H groups in total. The molecule has 27 heavy (non-hydrogen) atoms. The molecule has 0 aliphatic rings. The Bertz CT molecular complexity index is 529. The molecule has 6 amide bonds. The van der Waals surface area contributed by atoms with Gasteiger partial charge in [-0.1, -0.05) is 13.8 Å². The Balaban J connectivity index is 4.95. The number of amides is 6. The van der Waals surface area contributed by atoms with Crippen molar-refractivity contribution < 1.29 is 23.8 Å². The molecule has 11 heteroatoms. The molecule has 11 nitrogen and oxygen atoms in total. The third-order valence-corrected chi connectivity index (χ3v) is 4.19. The first kappa shape index (κ1) is 24.6. The van der Waals surface area contributed by atoms with Crippen molar-refractivity contribution in [2.24, 2.45) is 5.73 Å². The first-order valence-corrected chi connectivity index (χ1v) is 9.15. The highest BCUT2D eigenvalue weighted by Crippen LogP contribution is 2.11. The van der Waals surface area contributed by atoms with Crippen LogP contribution in [0.1, 0.15) is 33.6 Å². The third-order valence-electron chi connectivity index (χ3n) is 4.19. The lowest BCUT2D eigenvalue weighted by Crippen LogP contribution is -2.66. The van der Waals surface area contributed by atoms with E-state index in [1.165, 1.54) is 12.1 Å². The second kappa shape index (κ2) is 12.1. The van der Waals surface area contributed by atoms with E-state index in [1.807, 2.05) is 0 Å². The molecule has 0 aromatic heterocycles. The normalized spacial score (nSPS) is 12.5. The predicted octanol–water partition coefficient (Wildman–Crippen LogP) is -0.643. The molecule has 0 rings (SSSR count). The zero-order valence-corrected chi connectivity index (χ0v) is 17.0. The van der Waals surface area contributed by atoms with E-state index < -0.39 is 6.03 Å². The molecule has 0 fully saturated rings. The highest BCUT2D eigenvalue weighted by atomic mass is 16.2. The molecule has 0 bridgehead atoms. The fourth-order valence-corrected chi connectivity index (χ4v) is 2.44. The Morgan fingerprint density at radius 3 is 2.04 bits per heavy atom. The van der Waals surface area contributed by atoms with Crippen molar-refractivity contribution in [2.45, 2.75) is 33.6 Å². The van der Waals surface area contributed by atoms with Crippen LogP contribution in [0.15, 0.2) is 0 Å². The van der Waals surface area contributed by atoms with Crippen molar-refractivity contribution in [3.05, 3.63) is 0 Å². The van der Waals surface area contributed by atoms with E-state index >= 15 is 0 Å². The smallest absolute Gasteiger partial charge is 0.335 e. The van der Waals surface area contributed by atoms with Crippen LogP contribution in [-0.4, -0.2) is 85.3 Å². The van der Waals surface area contributed by atoms with Gasteiger partial charge in [0.25, 0.3) is 5.91 Å². The number of nitrogens with zero attached hydrogens (tertiary/aromatic N) is 3. The van der Waals surface area contributed by atoms with Crippen LogP contribution in [0, 0.1) is 0 Å². The number of hydrogen-bond donors (Lipinski definition) is 4.